The van der Waals surface area contributed by atoms with Crippen molar-refractivity contribution in [2.75, 3.05) is 20.6 Å². The molecule has 1 aromatic carbocycles. The number of thioether (sulfide) groups is 1. The first-order valence-corrected chi connectivity index (χ1v) is 7.54. The molecule has 19 heavy (non-hydrogen) atoms. The van der Waals surface area contributed by atoms with E-state index in [1.165, 1.54) is 5.56 Å². The van der Waals surface area contributed by atoms with Gasteiger partial charge in [-0.3, -0.25) is 4.79 Å². The lowest BCUT2D eigenvalue weighted by molar-refractivity contribution is -0.127. The van der Waals surface area contributed by atoms with Gasteiger partial charge >= 0.3 is 0 Å². The van der Waals surface area contributed by atoms with Crippen LogP contribution in [0.25, 0.3) is 0 Å². The first-order valence-electron chi connectivity index (χ1n) is 6.66. The van der Waals surface area contributed by atoms with Crippen molar-refractivity contribution in [3.8, 4) is 0 Å². The second kappa shape index (κ2) is 7.56. The van der Waals surface area contributed by atoms with Crippen LogP contribution in [0.4, 0.5) is 0 Å². The van der Waals surface area contributed by atoms with E-state index >= 15 is 0 Å². The number of nitrogens with one attached hydrogen (secondary N) is 1. The molecule has 0 saturated heterocycles. The maximum absolute atomic E-state index is 11.9. The molecular weight excluding hydrogens is 256 g/mol. The number of benzene rings is 1. The summed E-state index contributed by atoms with van der Waals surface area (Å²) in [4.78, 5) is 14.6. The molecule has 1 rings (SSSR count). The van der Waals surface area contributed by atoms with Gasteiger partial charge in [0.05, 0.1) is 5.25 Å². The molecule has 4 heteroatoms. The fourth-order valence-corrected chi connectivity index (χ4v) is 2.98. The van der Waals surface area contributed by atoms with Crippen molar-refractivity contribution in [1.29, 1.82) is 0 Å². The Morgan fingerprint density at radius 3 is 2.63 bits per heavy atom. The molecule has 0 heterocycles. The van der Waals surface area contributed by atoms with Crippen molar-refractivity contribution in [2.45, 2.75) is 37.0 Å². The highest BCUT2D eigenvalue weighted by Crippen LogP contribution is 2.26. The van der Waals surface area contributed by atoms with Crippen LogP contribution in [-0.4, -0.2) is 36.7 Å². The lowest BCUT2D eigenvalue weighted by Gasteiger charge is -2.18. The number of nitrogens with zero attached hydrogens (tertiary/aromatic N) is 1. The molecule has 1 amide bonds. The third-order valence-electron chi connectivity index (χ3n) is 2.97. The topological polar surface area (TPSA) is 32.3 Å². The summed E-state index contributed by atoms with van der Waals surface area (Å²) in [5, 5.41) is 3.34. The first-order chi connectivity index (χ1) is 8.95. The highest BCUT2D eigenvalue weighted by molar-refractivity contribution is 8.00. The Kier molecular flexibility index (Phi) is 6.38. The van der Waals surface area contributed by atoms with Crippen LogP contribution in [0.3, 0.4) is 0 Å². The van der Waals surface area contributed by atoms with E-state index < -0.39 is 0 Å². The van der Waals surface area contributed by atoms with Gasteiger partial charge in [0, 0.05) is 25.0 Å². The number of hydrogen-bond donors (Lipinski definition) is 1. The van der Waals surface area contributed by atoms with Gasteiger partial charge < -0.3 is 10.2 Å². The van der Waals surface area contributed by atoms with Crippen LogP contribution in [0.1, 0.15) is 32.4 Å². The van der Waals surface area contributed by atoms with Gasteiger partial charge in [-0.2, -0.15) is 0 Å². The summed E-state index contributed by atoms with van der Waals surface area (Å²) in [6.45, 7) is 7.16. The van der Waals surface area contributed by atoms with Gasteiger partial charge in [-0.15, -0.1) is 11.8 Å². The second-order valence-corrected chi connectivity index (χ2v) is 6.26. The van der Waals surface area contributed by atoms with E-state index in [-0.39, 0.29) is 11.2 Å². The Labute approximate surface area is 120 Å². The van der Waals surface area contributed by atoms with Crippen LogP contribution >= 0.6 is 11.8 Å². The minimum Gasteiger partial charge on any atom is -0.348 e. The number of carbonyl (C=O) groups is 1. The number of hydrogen-bond acceptors (Lipinski definition) is 3. The van der Waals surface area contributed by atoms with E-state index in [4.69, 9.17) is 0 Å². The molecule has 1 N–H and O–H groups in total. The fraction of sp³-hybridized carbons (Fsp3) is 0.533. The van der Waals surface area contributed by atoms with Crippen LogP contribution in [0.2, 0.25) is 0 Å². The Balaban J connectivity index is 2.74. The third kappa shape index (κ3) is 4.88. The zero-order chi connectivity index (χ0) is 14.4. The fourth-order valence-electron chi connectivity index (χ4n) is 1.90. The molecule has 0 bridgehead atoms. The molecule has 1 aromatic rings. The van der Waals surface area contributed by atoms with Gasteiger partial charge in [0.1, 0.15) is 0 Å². The van der Waals surface area contributed by atoms with Crippen molar-refractivity contribution in [3.05, 3.63) is 29.8 Å². The Morgan fingerprint density at radius 1 is 1.37 bits per heavy atom. The lowest BCUT2D eigenvalue weighted by atomic mass is 10.1. The number of carbonyl (C=O) groups excluding carboxylic acids is 1. The normalized spacial score (nSPS) is 13.9. The Hall–Kier alpha value is -1.00. The van der Waals surface area contributed by atoms with Gasteiger partial charge in [-0.1, -0.05) is 19.1 Å². The molecule has 0 spiro atoms. The highest BCUT2D eigenvalue weighted by Gasteiger charge is 2.16. The maximum atomic E-state index is 11.9. The molecule has 0 radical (unpaired) electrons. The second-order valence-electron chi connectivity index (χ2n) is 4.84. The van der Waals surface area contributed by atoms with Crippen LogP contribution < -0.4 is 5.32 Å². The third-order valence-corrected chi connectivity index (χ3v) is 4.05. The molecule has 0 aliphatic rings. The predicted octanol–water partition coefficient (Wildman–Crippen LogP) is 2.93. The molecule has 0 aromatic heterocycles. The molecule has 106 valence electrons. The van der Waals surface area contributed by atoms with Gasteiger partial charge in [-0.05, 0) is 38.1 Å². The Morgan fingerprint density at radius 2 is 2.05 bits per heavy atom. The van der Waals surface area contributed by atoms with Crippen molar-refractivity contribution >= 4 is 17.7 Å². The summed E-state index contributed by atoms with van der Waals surface area (Å²) in [6.07, 6.45) is 0. The molecule has 0 aliphatic heterocycles. The Bertz CT molecular complexity index is 420. The summed E-state index contributed by atoms with van der Waals surface area (Å²) in [5.74, 6) is 0.148. The summed E-state index contributed by atoms with van der Waals surface area (Å²) in [7, 11) is 3.59. The minimum atomic E-state index is -0.0558. The number of rotatable bonds is 6. The van der Waals surface area contributed by atoms with Crippen molar-refractivity contribution in [1.82, 2.24) is 10.2 Å². The average molecular weight is 280 g/mol. The molecule has 3 nitrogen and oxygen atoms in total. The summed E-state index contributed by atoms with van der Waals surface area (Å²) >= 11 is 1.61. The van der Waals surface area contributed by atoms with Gasteiger partial charge in [0.2, 0.25) is 5.91 Å². The van der Waals surface area contributed by atoms with E-state index in [0.717, 1.165) is 11.4 Å². The zero-order valence-electron chi connectivity index (χ0n) is 12.4. The van der Waals surface area contributed by atoms with Crippen LogP contribution in [0.5, 0.6) is 0 Å². The first kappa shape index (κ1) is 16.1. The molecular formula is C15H24N2OS. The van der Waals surface area contributed by atoms with E-state index in [1.807, 2.05) is 6.92 Å². The minimum absolute atomic E-state index is 0.0558. The zero-order valence-corrected chi connectivity index (χ0v) is 13.3. The molecule has 2 unspecified atom stereocenters. The summed E-state index contributed by atoms with van der Waals surface area (Å²) < 4.78 is 0. The molecule has 0 saturated carbocycles. The molecule has 0 aliphatic carbocycles. The van der Waals surface area contributed by atoms with E-state index in [9.17, 15) is 4.79 Å². The van der Waals surface area contributed by atoms with Crippen molar-refractivity contribution in [3.63, 3.8) is 0 Å². The van der Waals surface area contributed by atoms with Gasteiger partial charge in [0.15, 0.2) is 0 Å². The van der Waals surface area contributed by atoms with Crippen LogP contribution in [0.15, 0.2) is 29.2 Å². The van der Waals surface area contributed by atoms with E-state index in [0.29, 0.717) is 6.04 Å². The average Bonchev–Trinajstić information content (AvgIpc) is 2.38. The standard InChI is InChI=1S/C15H24N2OS/c1-6-16-11(2)13-8-7-9-14(10-13)19-12(3)15(18)17(4)5/h7-12,16H,6H2,1-5H3. The van der Waals surface area contributed by atoms with Crippen LogP contribution in [-0.2, 0) is 4.79 Å². The van der Waals surface area contributed by atoms with E-state index in [2.05, 4.69) is 43.4 Å². The van der Waals surface area contributed by atoms with Gasteiger partial charge in [-0.25, -0.2) is 0 Å². The van der Waals surface area contributed by atoms with Gasteiger partial charge in [0.25, 0.3) is 0 Å². The quantitative estimate of drug-likeness (QED) is 0.813. The largest absolute Gasteiger partial charge is 0.348 e. The van der Waals surface area contributed by atoms with Crippen LogP contribution in [0, 0.1) is 0 Å². The monoisotopic (exact) mass is 280 g/mol. The van der Waals surface area contributed by atoms with Crippen molar-refractivity contribution < 1.29 is 4.79 Å². The smallest absolute Gasteiger partial charge is 0.235 e. The molecule has 0 fully saturated rings. The summed E-state index contributed by atoms with van der Waals surface area (Å²) in [6, 6.07) is 8.74. The lowest BCUT2D eigenvalue weighted by Crippen LogP contribution is -2.29. The molecule has 2 atom stereocenters. The SMILES string of the molecule is CCNC(C)c1cccc(SC(C)C(=O)N(C)C)c1. The predicted molar refractivity (Wildman–Crippen MR) is 82.5 cm³/mol. The number of amides is 1. The highest BCUT2D eigenvalue weighted by atomic mass is 32.2. The van der Waals surface area contributed by atoms with E-state index in [1.54, 1.807) is 30.8 Å². The summed E-state index contributed by atoms with van der Waals surface area (Å²) in [5.41, 5.74) is 1.26. The maximum Gasteiger partial charge on any atom is 0.235 e. The van der Waals surface area contributed by atoms with Crippen molar-refractivity contribution in [2.24, 2.45) is 0 Å².